The van der Waals surface area contributed by atoms with Crippen LogP contribution in [0.15, 0.2) is 30.5 Å². The molecule has 0 N–H and O–H groups in total. The molecule has 3 heterocycles. The monoisotopic (exact) mass is 394 g/mol. The van der Waals surface area contributed by atoms with Crippen molar-refractivity contribution >= 4 is 11.8 Å². The molecule has 1 aromatic heterocycles. The Hall–Kier alpha value is -2.96. The third-order valence-electron chi connectivity index (χ3n) is 5.78. The molecule has 7 nitrogen and oxygen atoms in total. The predicted molar refractivity (Wildman–Crippen MR) is 107 cm³/mol. The van der Waals surface area contributed by atoms with E-state index < -0.39 is 0 Å². The number of ether oxygens (including phenoxy) is 1. The second-order valence-corrected chi connectivity index (χ2v) is 7.66. The van der Waals surface area contributed by atoms with Crippen molar-refractivity contribution < 1.29 is 14.3 Å². The summed E-state index contributed by atoms with van der Waals surface area (Å²) in [5, 5.41) is 0. The summed E-state index contributed by atoms with van der Waals surface area (Å²) in [5.74, 6) is 1.68. The van der Waals surface area contributed by atoms with Gasteiger partial charge < -0.3 is 14.5 Å². The standard InChI is InChI=1S/C22H26N4O3/c1-15(27)25-11-9-19-17(14-25)13-23-22(24-19)20-4-3-10-26(20)21(28)12-16-5-7-18(29-2)8-6-16/h5-8,13,20H,3-4,9-12,14H2,1-2H3/t20-/m1/s1. The minimum absolute atomic E-state index is 0.0723. The average Bonchev–Trinajstić information content (AvgIpc) is 3.23. The van der Waals surface area contributed by atoms with Gasteiger partial charge in [-0.25, -0.2) is 9.97 Å². The van der Waals surface area contributed by atoms with Gasteiger partial charge in [-0.1, -0.05) is 12.1 Å². The maximum absolute atomic E-state index is 13.0. The fourth-order valence-electron chi connectivity index (χ4n) is 4.11. The van der Waals surface area contributed by atoms with E-state index in [1.807, 2.05) is 40.3 Å². The number of carbonyl (C=O) groups is 2. The summed E-state index contributed by atoms with van der Waals surface area (Å²) in [7, 11) is 1.63. The fourth-order valence-corrected chi connectivity index (χ4v) is 4.11. The minimum atomic E-state index is -0.0723. The van der Waals surface area contributed by atoms with E-state index in [1.54, 1.807) is 14.0 Å². The zero-order chi connectivity index (χ0) is 20.4. The second-order valence-electron chi connectivity index (χ2n) is 7.66. The Balaban J connectivity index is 1.48. The number of hydrogen-bond donors (Lipinski definition) is 0. The zero-order valence-corrected chi connectivity index (χ0v) is 16.9. The zero-order valence-electron chi connectivity index (χ0n) is 16.9. The van der Waals surface area contributed by atoms with Crippen molar-refractivity contribution in [1.82, 2.24) is 19.8 Å². The van der Waals surface area contributed by atoms with Gasteiger partial charge in [0, 0.05) is 44.7 Å². The molecule has 1 atom stereocenters. The van der Waals surface area contributed by atoms with Crippen LogP contribution in [0.5, 0.6) is 5.75 Å². The van der Waals surface area contributed by atoms with Crippen LogP contribution < -0.4 is 4.74 Å². The Morgan fingerprint density at radius 1 is 1.21 bits per heavy atom. The predicted octanol–water partition coefficient (Wildman–Crippen LogP) is 2.30. The first-order chi connectivity index (χ1) is 14.0. The highest BCUT2D eigenvalue weighted by Gasteiger charge is 2.32. The second kappa shape index (κ2) is 8.19. The van der Waals surface area contributed by atoms with Crippen LogP contribution in [0.4, 0.5) is 0 Å². The number of nitrogens with zero attached hydrogens (tertiary/aromatic N) is 4. The van der Waals surface area contributed by atoms with Crippen LogP contribution in [0.25, 0.3) is 0 Å². The van der Waals surface area contributed by atoms with E-state index >= 15 is 0 Å². The fraction of sp³-hybridized carbons (Fsp3) is 0.455. The van der Waals surface area contributed by atoms with Crippen LogP contribution in [-0.4, -0.2) is 51.8 Å². The molecule has 0 bridgehead atoms. The SMILES string of the molecule is COc1ccc(CC(=O)N2CCC[C@@H]2c2ncc3c(n2)CCN(C(C)=O)C3)cc1. The number of amides is 2. The number of aromatic nitrogens is 2. The van der Waals surface area contributed by atoms with E-state index in [4.69, 9.17) is 9.72 Å². The van der Waals surface area contributed by atoms with Gasteiger partial charge in [-0.15, -0.1) is 0 Å². The van der Waals surface area contributed by atoms with E-state index in [1.165, 1.54) is 0 Å². The Morgan fingerprint density at radius 3 is 2.72 bits per heavy atom. The average molecular weight is 394 g/mol. The van der Waals surface area contributed by atoms with Crippen LogP contribution in [0.2, 0.25) is 0 Å². The molecule has 0 unspecified atom stereocenters. The third-order valence-corrected chi connectivity index (χ3v) is 5.78. The first-order valence-electron chi connectivity index (χ1n) is 10.1. The van der Waals surface area contributed by atoms with Crippen molar-refractivity contribution in [1.29, 1.82) is 0 Å². The lowest BCUT2D eigenvalue weighted by molar-refractivity contribution is -0.132. The van der Waals surface area contributed by atoms with Crippen molar-refractivity contribution in [3.05, 3.63) is 53.1 Å². The Morgan fingerprint density at radius 2 is 2.00 bits per heavy atom. The Kier molecular flexibility index (Phi) is 5.47. The highest BCUT2D eigenvalue weighted by atomic mass is 16.5. The number of benzene rings is 1. The van der Waals surface area contributed by atoms with Crippen LogP contribution in [0, 0.1) is 0 Å². The van der Waals surface area contributed by atoms with Gasteiger partial charge in [0.15, 0.2) is 5.82 Å². The molecule has 1 saturated heterocycles. The smallest absolute Gasteiger partial charge is 0.227 e. The van der Waals surface area contributed by atoms with Gasteiger partial charge in [0.1, 0.15) is 5.75 Å². The van der Waals surface area contributed by atoms with E-state index in [2.05, 4.69) is 4.98 Å². The van der Waals surface area contributed by atoms with Crippen LogP contribution >= 0.6 is 0 Å². The van der Waals surface area contributed by atoms with Gasteiger partial charge in [0.2, 0.25) is 11.8 Å². The summed E-state index contributed by atoms with van der Waals surface area (Å²) in [6, 6.07) is 7.54. The van der Waals surface area contributed by atoms with E-state index in [0.717, 1.165) is 54.2 Å². The molecule has 0 spiro atoms. The maximum Gasteiger partial charge on any atom is 0.227 e. The van der Waals surface area contributed by atoms with Crippen LogP contribution in [0.1, 0.15) is 48.5 Å². The van der Waals surface area contributed by atoms with Crippen molar-refractivity contribution in [3.8, 4) is 5.75 Å². The lowest BCUT2D eigenvalue weighted by Gasteiger charge is -2.28. The van der Waals surface area contributed by atoms with Crippen molar-refractivity contribution in [3.63, 3.8) is 0 Å². The lowest BCUT2D eigenvalue weighted by atomic mass is 10.1. The van der Waals surface area contributed by atoms with E-state index in [-0.39, 0.29) is 17.9 Å². The van der Waals surface area contributed by atoms with Gasteiger partial charge >= 0.3 is 0 Å². The van der Waals surface area contributed by atoms with Crippen molar-refractivity contribution in [2.45, 2.75) is 45.2 Å². The van der Waals surface area contributed by atoms with Crippen LogP contribution in [0.3, 0.4) is 0 Å². The molecule has 0 saturated carbocycles. The molecule has 7 heteroatoms. The molecule has 2 aliphatic rings. The summed E-state index contributed by atoms with van der Waals surface area (Å²) < 4.78 is 5.18. The minimum Gasteiger partial charge on any atom is -0.497 e. The number of rotatable bonds is 4. The number of fused-ring (bicyclic) bond motifs is 1. The van der Waals surface area contributed by atoms with Gasteiger partial charge in [-0.2, -0.15) is 0 Å². The number of likely N-dealkylation sites (tertiary alicyclic amines) is 1. The number of methoxy groups -OCH3 is 1. The highest BCUT2D eigenvalue weighted by molar-refractivity contribution is 5.79. The molecule has 4 rings (SSSR count). The summed E-state index contributed by atoms with van der Waals surface area (Å²) in [5.41, 5.74) is 2.98. The number of carbonyl (C=O) groups excluding carboxylic acids is 2. The number of hydrogen-bond acceptors (Lipinski definition) is 5. The largest absolute Gasteiger partial charge is 0.497 e. The molecule has 29 heavy (non-hydrogen) atoms. The van der Waals surface area contributed by atoms with Gasteiger partial charge in [-0.05, 0) is 30.5 Å². The maximum atomic E-state index is 13.0. The molecular formula is C22H26N4O3. The molecule has 0 radical (unpaired) electrons. The van der Waals surface area contributed by atoms with Crippen LogP contribution in [-0.2, 0) is 29.0 Å². The highest BCUT2D eigenvalue weighted by Crippen LogP contribution is 2.31. The molecule has 2 aromatic rings. The van der Waals surface area contributed by atoms with Crippen molar-refractivity contribution in [2.24, 2.45) is 0 Å². The molecular weight excluding hydrogens is 368 g/mol. The molecule has 0 aliphatic carbocycles. The topological polar surface area (TPSA) is 75.6 Å². The molecule has 2 aliphatic heterocycles. The molecule has 1 aromatic carbocycles. The Bertz CT molecular complexity index is 913. The van der Waals surface area contributed by atoms with Gasteiger partial charge in [0.05, 0.1) is 25.3 Å². The lowest BCUT2D eigenvalue weighted by Crippen LogP contribution is -2.36. The summed E-state index contributed by atoms with van der Waals surface area (Å²) in [4.78, 5) is 37.7. The normalized spacial score (nSPS) is 18.5. The first kappa shape index (κ1) is 19.4. The van der Waals surface area contributed by atoms with E-state index in [0.29, 0.717) is 19.5 Å². The van der Waals surface area contributed by atoms with Gasteiger partial charge in [0.25, 0.3) is 0 Å². The summed E-state index contributed by atoms with van der Waals surface area (Å²) in [6.45, 7) is 3.57. The molecule has 1 fully saturated rings. The van der Waals surface area contributed by atoms with Gasteiger partial charge in [-0.3, -0.25) is 9.59 Å². The third kappa shape index (κ3) is 4.09. The molecule has 2 amide bonds. The van der Waals surface area contributed by atoms with Crippen molar-refractivity contribution in [2.75, 3.05) is 20.2 Å². The summed E-state index contributed by atoms with van der Waals surface area (Å²) in [6.07, 6.45) is 4.76. The quantitative estimate of drug-likeness (QED) is 0.795. The summed E-state index contributed by atoms with van der Waals surface area (Å²) >= 11 is 0. The van der Waals surface area contributed by atoms with E-state index in [9.17, 15) is 9.59 Å². The Labute approximate surface area is 170 Å². The first-order valence-corrected chi connectivity index (χ1v) is 10.1. The molecule has 152 valence electrons.